The van der Waals surface area contributed by atoms with Gasteiger partial charge in [0.1, 0.15) is 5.82 Å². The van der Waals surface area contributed by atoms with Gasteiger partial charge in [-0.05, 0) is 44.4 Å². The molecule has 4 heterocycles. The zero-order chi connectivity index (χ0) is 18.8. The van der Waals surface area contributed by atoms with E-state index in [0.29, 0.717) is 18.2 Å². The van der Waals surface area contributed by atoms with E-state index in [1.807, 2.05) is 19.1 Å². The number of piperazine rings is 1. The van der Waals surface area contributed by atoms with E-state index in [0.717, 1.165) is 75.9 Å². The Morgan fingerprint density at radius 2 is 1.81 bits per heavy atom. The standard InChI is InChI=1S/C19H29N7O/c1-3-23-10-12-25(13-11-23)19(27)14-16-6-8-24(9-7-16)18-5-4-17-21-20-15(2)26(17)22-18/h4-5,16H,3,6-14H2,1-2H3. The minimum atomic E-state index is 0.337. The number of hydrogen-bond donors (Lipinski definition) is 0. The second-order valence-corrected chi connectivity index (χ2v) is 7.66. The number of hydrogen-bond acceptors (Lipinski definition) is 6. The number of carbonyl (C=O) groups is 1. The molecule has 146 valence electrons. The van der Waals surface area contributed by atoms with Crippen LogP contribution in [0.2, 0.25) is 0 Å². The monoisotopic (exact) mass is 371 g/mol. The lowest BCUT2D eigenvalue weighted by atomic mass is 9.93. The first kappa shape index (κ1) is 18.2. The summed E-state index contributed by atoms with van der Waals surface area (Å²) < 4.78 is 1.79. The Kier molecular flexibility index (Phi) is 5.24. The van der Waals surface area contributed by atoms with E-state index in [2.05, 4.69) is 36.9 Å². The smallest absolute Gasteiger partial charge is 0.222 e. The first-order chi connectivity index (χ1) is 13.1. The zero-order valence-corrected chi connectivity index (χ0v) is 16.3. The van der Waals surface area contributed by atoms with E-state index < -0.39 is 0 Å². The fourth-order valence-electron chi connectivity index (χ4n) is 4.11. The fourth-order valence-corrected chi connectivity index (χ4v) is 4.11. The molecule has 2 aliphatic rings. The average Bonchev–Trinajstić information content (AvgIpc) is 3.09. The third kappa shape index (κ3) is 3.90. The van der Waals surface area contributed by atoms with Crippen molar-refractivity contribution in [3.8, 4) is 0 Å². The number of nitrogens with zero attached hydrogens (tertiary/aromatic N) is 7. The Morgan fingerprint density at radius 1 is 1.07 bits per heavy atom. The number of likely N-dealkylation sites (N-methyl/N-ethyl adjacent to an activating group) is 1. The maximum Gasteiger partial charge on any atom is 0.222 e. The van der Waals surface area contributed by atoms with E-state index in [4.69, 9.17) is 0 Å². The highest BCUT2D eigenvalue weighted by Crippen LogP contribution is 2.25. The van der Waals surface area contributed by atoms with Crippen LogP contribution in [0.15, 0.2) is 12.1 Å². The van der Waals surface area contributed by atoms with E-state index in [1.165, 1.54) is 0 Å². The minimum absolute atomic E-state index is 0.337. The van der Waals surface area contributed by atoms with Gasteiger partial charge in [-0.3, -0.25) is 4.79 Å². The average molecular weight is 371 g/mol. The lowest BCUT2D eigenvalue weighted by Crippen LogP contribution is -2.49. The molecule has 0 spiro atoms. The molecule has 0 bridgehead atoms. The molecule has 2 aromatic heterocycles. The van der Waals surface area contributed by atoms with Gasteiger partial charge in [-0.1, -0.05) is 6.92 Å². The maximum absolute atomic E-state index is 12.6. The van der Waals surface area contributed by atoms with Crippen molar-refractivity contribution in [1.29, 1.82) is 0 Å². The molecule has 0 atom stereocenters. The van der Waals surface area contributed by atoms with Gasteiger partial charge >= 0.3 is 0 Å². The van der Waals surface area contributed by atoms with Gasteiger partial charge in [-0.15, -0.1) is 15.3 Å². The molecule has 2 aliphatic heterocycles. The number of fused-ring (bicyclic) bond motifs is 1. The third-order valence-corrected chi connectivity index (χ3v) is 5.98. The second-order valence-electron chi connectivity index (χ2n) is 7.66. The van der Waals surface area contributed by atoms with Crippen molar-refractivity contribution < 1.29 is 4.79 Å². The number of anilines is 1. The van der Waals surface area contributed by atoms with Gasteiger partial charge < -0.3 is 14.7 Å². The summed E-state index contributed by atoms with van der Waals surface area (Å²) in [7, 11) is 0. The van der Waals surface area contributed by atoms with E-state index >= 15 is 0 Å². The molecule has 0 unspecified atom stereocenters. The van der Waals surface area contributed by atoms with Crippen molar-refractivity contribution in [3.63, 3.8) is 0 Å². The molecule has 0 radical (unpaired) electrons. The Balaban J connectivity index is 1.29. The molecule has 2 aromatic rings. The minimum Gasteiger partial charge on any atom is -0.355 e. The molecule has 0 aromatic carbocycles. The van der Waals surface area contributed by atoms with Gasteiger partial charge in [0.05, 0.1) is 0 Å². The number of carbonyl (C=O) groups excluding carboxylic acids is 1. The molecular formula is C19H29N7O. The van der Waals surface area contributed by atoms with Crippen LogP contribution in [-0.2, 0) is 4.79 Å². The number of aryl methyl sites for hydroxylation is 1. The van der Waals surface area contributed by atoms with Crippen molar-refractivity contribution in [2.45, 2.75) is 33.1 Å². The zero-order valence-electron chi connectivity index (χ0n) is 16.3. The van der Waals surface area contributed by atoms with Gasteiger partial charge in [-0.25, -0.2) is 0 Å². The van der Waals surface area contributed by atoms with E-state index in [1.54, 1.807) is 4.52 Å². The van der Waals surface area contributed by atoms with Crippen LogP contribution < -0.4 is 4.90 Å². The molecular weight excluding hydrogens is 342 g/mol. The lowest BCUT2D eigenvalue weighted by molar-refractivity contribution is -0.134. The predicted molar refractivity (Wildman–Crippen MR) is 104 cm³/mol. The second kappa shape index (κ2) is 7.80. The van der Waals surface area contributed by atoms with Crippen LogP contribution in [0.25, 0.3) is 5.65 Å². The Hall–Kier alpha value is -2.22. The van der Waals surface area contributed by atoms with Crippen LogP contribution in [0.1, 0.15) is 32.0 Å². The van der Waals surface area contributed by atoms with Crippen LogP contribution in [0.3, 0.4) is 0 Å². The van der Waals surface area contributed by atoms with Gasteiger partial charge in [0, 0.05) is 45.7 Å². The SMILES string of the molecule is CCN1CCN(C(=O)CC2CCN(c3ccc4nnc(C)n4n3)CC2)CC1. The molecule has 2 saturated heterocycles. The topological polar surface area (TPSA) is 69.9 Å². The van der Waals surface area contributed by atoms with Gasteiger partial charge in [0.25, 0.3) is 0 Å². The highest BCUT2D eigenvalue weighted by atomic mass is 16.2. The fraction of sp³-hybridized carbons (Fsp3) is 0.684. The highest BCUT2D eigenvalue weighted by molar-refractivity contribution is 5.76. The van der Waals surface area contributed by atoms with Crippen molar-refractivity contribution >= 4 is 17.4 Å². The quantitative estimate of drug-likeness (QED) is 0.804. The molecule has 1 amide bonds. The summed E-state index contributed by atoms with van der Waals surface area (Å²) in [6, 6.07) is 3.98. The van der Waals surface area contributed by atoms with Crippen molar-refractivity contribution in [1.82, 2.24) is 29.6 Å². The van der Waals surface area contributed by atoms with Gasteiger partial charge in [-0.2, -0.15) is 4.52 Å². The molecule has 0 saturated carbocycles. The largest absolute Gasteiger partial charge is 0.355 e. The van der Waals surface area contributed by atoms with E-state index in [-0.39, 0.29) is 0 Å². The summed E-state index contributed by atoms with van der Waals surface area (Å²) in [5, 5.41) is 12.8. The molecule has 0 aliphatic carbocycles. The van der Waals surface area contributed by atoms with Crippen molar-refractivity contribution in [3.05, 3.63) is 18.0 Å². The van der Waals surface area contributed by atoms with Crippen molar-refractivity contribution in [2.24, 2.45) is 5.92 Å². The number of amides is 1. The molecule has 0 N–H and O–H groups in total. The summed E-state index contributed by atoms with van der Waals surface area (Å²) in [4.78, 5) is 19.4. The van der Waals surface area contributed by atoms with Crippen LogP contribution in [0.5, 0.6) is 0 Å². The molecule has 27 heavy (non-hydrogen) atoms. The number of rotatable bonds is 4. The Bertz CT molecular complexity index is 788. The number of aromatic nitrogens is 4. The summed E-state index contributed by atoms with van der Waals surface area (Å²) >= 11 is 0. The van der Waals surface area contributed by atoms with Crippen molar-refractivity contribution in [2.75, 3.05) is 50.7 Å². The lowest BCUT2D eigenvalue weighted by Gasteiger charge is -2.36. The van der Waals surface area contributed by atoms with Crippen LogP contribution in [0, 0.1) is 12.8 Å². The number of piperidine rings is 1. The first-order valence-electron chi connectivity index (χ1n) is 10.1. The van der Waals surface area contributed by atoms with Crippen LogP contribution >= 0.6 is 0 Å². The van der Waals surface area contributed by atoms with E-state index in [9.17, 15) is 4.79 Å². The summed E-state index contributed by atoms with van der Waals surface area (Å²) in [6.07, 6.45) is 2.78. The Labute approximate surface area is 160 Å². The molecule has 8 nitrogen and oxygen atoms in total. The van der Waals surface area contributed by atoms with Crippen LogP contribution in [0.4, 0.5) is 5.82 Å². The molecule has 8 heteroatoms. The Morgan fingerprint density at radius 3 is 2.52 bits per heavy atom. The van der Waals surface area contributed by atoms with Crippen LogP contribution in [-0.4, -0.2) is 81.3 Å². The first-order valence-corrected chi connectivity index (χ1v) is 10.1. The summed E-state index contributed by atoms with van der Waals surface area (Å²) in [5.41, 5.74) is 0.778. The highest BCUT2D eigenvalue weighted by Gasteiger charge is 2.26. The third-order valence-electron chi connectivity index (χ3n) is 5.98. The molecule has 2 fully saturated rings. The summed E-state index contributed by atoms with van der Waals surface area (Å²) in [6.45, 7) is 10.9. The predicted octanol–water partition coefficient (Wildman–Crippen LogP) is 1.20. The maximum atomic E-state index is 12.6. The normalized spacial score (nSPS) is 19.8. The van der Waals surface area contributed by atoms with Gasteiger partial charge in [0.15, 0.2) is 11.5 Å². The molecule has 4 rings (SSSR count). The summed E-state index contributed by atoms with van der Waals surface area (Å²) in [5.74, 6) is 2.59. The van der Waals surface area contributed by atoms with Gasteiger partial charge in [0.2, 0.25) is 5.91 Å².